The molecule has 1 heteroatoms. The van der Waals surface area contributed by atoms with Gasteiger partial charge in [-0.15, -0.1) is 0 Å². The maximum atomic E-state index is 3.47. The van der Waals surface area contributed by atoms with Crippen LogP contribution in [0.5, 0.6) is 0 Å². The Labute approximate surface area is 84.3 Å². The van der Waals surface area contributed by atoms with Crippen LogP contribution in [-0.4, -0.2) is 13.1 Å². The lowest BCUT2D eigenvalue weighted by Crippen LogP contribution is -2.40. The summed E-state index contributed by atoms with van der Waals surface area (Å²) in [4.78, 5) is 0. The number of hydrogen-bond donors (Lipinski definition) is 1. The van der Waals surface area contributed by atoms with Gasteiger partial charge in [-0.05, 0) is 31.2 Å². The van der Waals surface area contributed by atoms with Gasteiger partial charge in [-0.3, -0.25) is 0 Å². The van der Waals surface area contributed by atoms with Crippen molar-refractivity contribution in [2.45, 2.75) is 53.5 Å². The summed E-state index contributed by atoms with van der Waals surface area (Å²) in [6, 6.07) is 0.681. The standard InChI is InChI=1S/C12H27N/c1-7-8-10(4)12(13-6)11(5)9(2)3/h9-13H,7-8H2,1-6H3. The predicted octanol–water partition coefficient (Wildman–Crippen LogP) is 3.30. The second-order valence-corrected chi connectivity index (χ2v) is 4.68. The summed E-state index contributed by atoms with van der Waals surface area (Å²) in [7, 11) is 2.09. The molecule has 80 valence electrons. The summed E-state index contributed by atoms with van der Waals surface area (Å²) >= 11 is 0. The molecule has 0 radical (unpaired) electrons. The van der Waals surface area contributed by atoms with Crippen molar-refractivity contribution < 1.29 is 0 Å². The van der Waals surface area contributed by atoms with E-state index in [1.54, 1.807) is 0 Å². The molecular weight excluding hydrogens is 158 g/mol. The molecule has 0 aliphatic rings. The van der Waals surface area contributed by atoms with Crippen LogP contribution in [0.4, 0.5) is 0 Å². The monoisotopic (exact) mass is 185 g/mol. The van der Waals surface area contributed by atoms with E-state index in [-0.39, 0.29) is 0 Å². The number of rotatable bonds is 6. The first-order valence-corrected chi connectivity index (χ1v) is 5.71. The summed E-state index contributed by atoms with van der Waals surface area (Å²) in [5.74, 6) is 2.34. The van der Waals surface area contributed by atoms with Gasteiger partial charge in [0.1, 0.15) is 0 Å². The molecule has 0 bridgehead atoms. The van der Waals surface area contributed by atoms with E-state index in [1.807, 2.05) is 0 Å². The fourth-order valence-corrected chi connectivity index (χ4v) is 2.12. The highest BCUT2D eigenvalue weighted by Crippen LogP contribution is 2.22. The highest BCUT2D eigenvalue weighted by atomic mass is 14.9. The van der Waals surface area contributed by atoms with Gasteiger partial charge in [-0.1, -0.05) is 41.0 Å². The van der Waals surface area contributed by atoms with Gasteiger partial charge in [0.2, 0.25) is 0 Å². The number of nitrogens with one attached hydrogen (secondary N) is 1. The Morgan fingerprint density at radius 1 is 1.08 bits per heavy atom. The largest absolute Gasteiger partial charge is 0.316 e. The smallest absolute Gasteiger partial charge is 0.0118 e. The van der Waals surface area contributed by atoms with Crippen molar-refractivity contribution in [1.82, 2.24) is 5.32 Å². The zero-order valence-corrected chi connectivity index (χ0v) is 10.2. The molecule has 13 heavy (non-hydrogen) atoms. The van der Waals surface area contributed by atoms with E-state index >= 15 is 0 Å². The SMILES string of the molecule is CCCC(C)C(NC)C(C)C(C)C. The third-order valence-electron chi connectivity index (χ3n) is 3.31. The van der Waals surface area contributed by atoms with Crippen molar-refractivity contribution >= 4 is 0 Å². The minimum Gasteiger partial charge on any atom is -0.316 e. The van der Waals surface area contributed by atoms with E-state index in [2.05, 4.69) is 47.0 Å². The van der Waals surface area contributed by atoms with Crippen molar-refractivity contribution in [3.05, 3.63) is 0 Å². The fraction of sp³-hybridized carbons (Fsp3) is 1.00. The molecule has 1 nitrogen and oxygen atoms in total. The average Bonchev–Trinajstić information content (AvgIpc) is 2.05. The third kappa shape index (κ3) is 4.12. The zero-order chi connectivity index (χ0) is 10.4. The van der Waals surface area contributed by atoms with Crippen LogP contribution in [-0.2, 0) is 0 Å². The highest BCUT2D eigenvalue weighted by molar-refractivity contribution is 4.78. The lowest BCUT2D eigenvalue weighted by molar-refractivity contribution is 0.235. The van der Waals surface area contributed by atoms with Gasteiger partial charge in [0.15, 0.2) is 0 Å². The first kappa shape index (κ1) is 13.0. The molecular formula is C12H27N. The summed E-state index contributed by atoms with van der Waals surface area (Å²) < 4.78 is 0. The molecule has 1 N–H and O–H groups in total. The third-order valence-corrected chi connectivity index (χ3v) is 3.31. The Bertz CT molecular complexity index is 120. The summed E-state index contributed by atoms with van der Waals surface area (Å²) in [5, 5.41) is 3.47. The lowest BCUT2D eigenvalue weighted by Gasteiger charge is -2.31. The molecule has 3 atom stereocenters. The van der Waals surface area contributed by atoms with E-state index in [0.717, 1.165) is 17.8 Å². The van der Waals surface area contributed by atoms with E-state index in [0.29, 0.717) is 6.04 Å². The Hall–Kier alpha value is -0.0400. The summed E-state index contributed by atoms with van der Waals surface area (Å²) in [6.45, 7) is 11.6. The van der Waals surface area contributed by atoms with Gasteiger partial charge < -0.3 is 5.32 Å². The van der Waals surface area contributed by atoms with Crippen LogP contribution in [0, 0.1) is 17.8 Å². The van der Waals surface area contributed by atoms with E-state index in [4.69, 9.17) is 0 Å². The zero-order valence-electron chi connectivity index (χ0n) is 10.2. The van der Waals surface area contributed by atoms with Crippen molar-refractivity contribution in [3.63, 3.8) is 0 Å². The van der Waals surface area contributed by atoms with Crippen LogP contribution in [0.2, 0.25) is 0 Å². The molecule has 0 aliphatic heterocycles. The Balaban J connectivity index is 4.14. The van der Waals surface area contributed by atoms with Gasteiger partial charge in [-0.25, -0.2) is 0 Å². The van der Waals surface area contributed by atoms with Crippen LogP contribution in [0.1, 0.15) is 47.5 Å². The quantitative estimate of drug-likeness (QED) is 0.669. The molecule has 0 saturated carbocycles. The lowest BCUT2D eigenvalue weighted by atomic mass is 9.82. The maximum absolute atomic E-state index is 3.47. The number of hydrogen-bond acceptors (Lipinski definition) is 1. The van der Waals surface area contributed by atoms with E-state index in [9.17, 15) is 0 Å². The molecule has 0 heterocycles. The first-order valence-electron chi connectivity index (χ1n) is 5.71. The second-order valence-electron chi connectivity index (χ2n) is 4.68. The van der Waals surface area contributed by atoms with Gasteiger partial charge in [0.25, 0.3) is 0 Å². The maximum Gasteiger partial charge on any atom is 0.0118 e. The van der Waals surface area contributed by atoms with Crippen molar-refractivity contribution in [2.75, 3.05) is 7.05 Å². The molecule has 0 aromatic carbocycles. The van der Waals surface area contributed by atoms with Crippen LogP contribution in [0.3, 0.4) is 0 Å². The molecule has 0 fully saturated rings. The molecule has 0 aliphatic carbocycles. The Morgan fingerprint density at radius 2 is 1.62 bits per heavy atom. The topological polar surface area (TPSA) is 12.0 Å². The predicted molar refractivity (Wildman–Crippen MR) is 60.9 cm³/mol. The van der Waals surface area contributed by atoms with Crippen molar-refractivity contribution in [2.24, 2.45) is 17.8 Å². The first-order chi connectivity index (χ1) is 6.04. The van der Waals surface area contributed by atoms with Gasteiger partial charge >= 0.3 is 0 Å². The van der Waals surface area contributed by atoms with Crippen LogP contribution >= 0.6 is 0 Å². The van der Waals surface area contributed by atoms with Crippen LogP contribution in [0.15, 0.2) is 0 Å². The van der Waals surface area contributed by atoms with Gasteiger partial charge in [-0.2, -0.15) is 0 Å². The minimum absolute atomic E-state index is 0.681. The molecule has 0 rings (SSSR count). The normalized spacial score (nSPS) is 18.7. The van der Waals surface area contributed by atoms with Crippen LogP contribution < -0.4 is 5.32 Å². The molecule has 0 amide bonds. The van der Waals surface area contributed by atoms with Crippen molar-refractivity contribution in [1.29, 1.82) is 0 Å². The average molecular weight is 185 g/mol. The van der Waals surface area contributed by atoms with E-state index < -0.39 is 0 Å². The van der Waals surface area contributed by atoms with Gasteiger partial charge in [0.05, 0.1) is 0 Å². The Kier molecular flexibility index (Phi) is 6.40. The van der Waals surface area contributed by atoms with Crippen LogP contribution in [0.25, 0.3) is 0 Å². The molecule has 0 aromatic rings. The molecule has 0 saturated heterocycles. The summed E-state index contributed by atoms with van der Waals surface area (Å²) in [6.07, 6.45) is 2.63. The Morgan fingerprint density at radius 3 is 1.92 bits per heavy atom. The molecule has 0 aromatic heterocycles. The molecule has 0 spiro atoms. The minimum atomic E-state index is 0.681. The van der Waals surface area contributed by atoms with Crippen molar-refractivity contribution in [3.8, 4) is 0 Å². The molecule has 3 unspecified atom stereocenters. The highest BCUT2D eigenvalue weighted by Gasteiger charge is 2.23. The van der Waals surface area contributed by atoms with E-state index in [1.165, 1.54) is 12.8 Å². The van der Waals surface area contributed by atoms with Gasteiger partial charge in [0, 0.05) is 6.04 Å². The fourth-order valence-electron chi connectivity index (χ4n) is 2.12. The second kappa shape index (κ2) is 6.42. The summed E-state index contributed by atoms with van der Waals surface area (Å²) in [5.41, 5.74) is 0.